The Kier molecular flexibility index (Phi) is 3.70. The van der Waals surface area contributed by atoms with Crippen molar-refractivity contribution in [2.45, 2.75) is 13.5 Å². The molecule has 0 aliphatic heterocycles. The lowest BCUT2D eigenvalue weighted by Gasteiger charge is -2.06. The summed E-state index contributed by atoms with van der Waals surface area (Å²) in [7, 11) is 0. The first-order valence-corrected chi connectivity index (χ1v) is 7.27. The summed E-state index contributed by atoms with van der Waals surface area (Å²) in [5.74, 6) is -0.163. The van der Waals surface area contributed by atoms with Gasteiger partial charge in [-0.1, -0.05) is 6.07 Å². The van der Waals surface area contributed by atoms with Gasteiger partial charge in [0.25, 0.3) is 5.91 Å². The SMILES string of the molecule is Cc1nc2ccc(Br)cn2c1C(=O)NCc1ccccn1. The number of carbonyl (C=O) groups is 1. The smallest absolute Gasteiger partial charge is 0.270 e. The highest BCUT2D eigenvalue weighted by Crippen LogP contribution is 2.16. The maximum absolute atomic E-state index is 12.4. The molecule has 0 saturated carbocycles. The van der Waals surface area contributed by atoms with Crippen LogP contribution in [-0.4, -0.2) is 20.3 Å². The van der Waals surface area contributed by atoms with Crippen LogP contribution in [0.4, 0.5) is 0 Å². The molecule has 0 aromatic carbocycles. The van der Waals surface area contributed by atoms with E-state index < -0.39 is 0 Å². The third-order valence-electron chi connectivity index (χ3n) is 3.13. The number of imidazole rings is 1. The van der Waals surface area contributed by atoms with Crippen molar-refractivity contribution in [2.75, 3.05) is 0 Å². The van der Waals surface area contributed by atoms with Gasteiger partial charge in [-0.3, -0.25) is 14.2 Å². The first-order chi connectivity index (χ1) is 10.1. The van der Waals surface area contributed by atoms with E-state index in [1.807, 2.05) is 43.5 Å². The molecular formula is C15H13BrN4O. The summed E-state index contributed by atoms with van der Waals surface area (Å²) in [6.07, 6.45) is 3.54. The van der Waals surface area contributed by atoms with Gasteiger partial charge in [0.1, 0.15) is 11.3 Å². The molecule has 3 aromatic heterocycles. The van der Waals surface area contributed by atoms with Gasteiger partial charge in [-0.25, -0.2) is 4.98 Å². The van der Waals surface area contributed by atoms with Gasteiger partial charge in [0, 0.05) is 16.9 Å². The summed E-state index contributed by atoms with van der Waals surface area (Å²) in [5, 5.41) is 2.88. The maximum atomic E-state index is 12.4. The number of aromatic nitrogens is 3. The molecular weight excluding hydrogens is 332 g/mol. The molecule has 0 fully saturated rings. The molecule has 3 aromatic rings. The fraction of sp³-hybridized carbons (Fsp3) is 0.133. The number of nitrogens with zero attached hydrogens (tertiary/aromatic N) is 3. The van der Waals surface area contributed by atoms with Crippen LogP contribution in [-0.2, 0) is 6.54 Å². The van der Waals surface area contributed by atoms with E-state index in [9.17, 15) is 4.79 Å². The number of pyridine rings is 2. The highest BCUT2D eigenvalue weighted by molar-refractivity contribution is 9.10. The molecule has 0 spiro atoms. The normalized spacial score (nSPS) is 10.8. The standard InChI is InChI=1S/C15H13BrN4O/c1-10-14(20-9-11(16)5-6-13(20)19-10)15(21)18-8-12-4-2-3-7-17-12/h2-7,9H,8H2,1H3,(H,18,21). The minimum absolute atomic E-state index is 0.163. The Hall–Kier alpha value is -2.21. The number of nitrogens with one attached hydrogen (secondary N) is 1. The van der Waals surface area contributed by atoms with Crippen LogP contribution in [0.5, 0.6) is 0 Å². The van der Waals surface area contributed by atoms with Gasteiger partial charge in [0.2, 0.25) is 0 Å². The number of amides is 1. The van der Waals surface area contributed by atoms with Crippen molar-refractivity contribution in [1.29, 1.82) is 0 Å². The number of hydrogen-bond acceptors (Lipinski definition) is 3. The zero-order valence-electron chi connectivity index (χ0n) is 11.4. The number of halogens is 1. The van der Waals surface area contributed by atoms with Crippen LogP contribution in [0.3, 0.4) is 0 Å². The van der Waals surface area contributed by atoms with Crippen LogP contribution >= 0.6 is 15.9 Å². The quantitative estimate of drug-likeness (QED) is 0.794. The number of carbonyl (C=O) groups excluding carboxylic acids is 1. The summed E-state index contributed by atoms with van der Waals surface area (Å²) in [6.45, 7) is 2.22. The van der Waals surface area contributed by atoms with E-state index in [1.54, 1.807) is 10.6 Å². The van der Waals surface area contributed by atoms with Gasteiger partial charge in [0.05, 0.1) is 17.9 Å². The van der Waals surface area contributed by atoms with E-state index in [2.05, 4.69) is 31.2 Å². The van der Waals surface area contributed by atoms with Gasteiger partial charge < -0.3 is 5.32 Å². The van der Waals surface area contributed by atoms with Crippen molar-refractivity contribution in [3.63, 3.8) is 0 Å². The summed E-state index contributed by atoms with van der Waals surface area (Å²) in [6, 6.07) is 9.38. The van der Waals surface area contributed by atoms with Crippen molar-refractivity contribution in [1.82, 2.24) is 19.7 Å². The molecule has 1 N–H and O–H groups in total. The molecule has 0 saturated heterocycles. The topological polar surface area (TPSA) is 59.3 Å². The van der Waals surface area contributed by atoms with Crippen LogP contribution in [0.25, 0.3) is 5.65 Å². The van der Waals surface area contributed by atoms with Gasteiger partial charge in [-0.05, 0) is 47.1 Å². The van der Waals surface area contributed by atoms with Crippen LogP contribution in [0.2, 0.25) is 0 Å². The molecule has 0 aliphatic rings. The molecule has 0 bridgehead atoms. The Morgan fingerprint density at radius 2 is 2.19 bits per heavy atom. The van der Waals surface area contributed by atoms with Gasteiger partial charge in [-0.2, -0.15) is 0 Å². The largest absolute Gasteiger partial charge is 0.345 e. The third kappa shape index (κ3) is 2.80. The average Bonchev–Trinajstić information content (AvgIpc) is 2.81. The van der Waals surface area contributed by atoms with E-state index >= 15 is 0 Å². The maximum Gasteiger partial charge on any atom is 0.270 e. The molecule has 21 heavy (non-hydrogen) atoms. The number of aryl methyl sites for hydroxylation is 1. The second-order valence-electron chi connectivity index (χ2n) is 4.63. The Balaban J connectivity index is 1.87. The summed E-state index contributed by atoms with van der Waals surface area (Å²) in [5.41, 5.74) is 2.81. The number of hydrogen-bond donors (Lipinski definition) is 1. The van der Waals surface area contributed by atoms with Crippen LogP contribution in [0, 0.1) is 6.92 Å². The Labute approximate surface area is 130 Å². The number of fused-ring (bicyclic) bond motifs is 1. The Bertz CT molecular complexity index is 798. The van der Waals surface area contributed by atoms with Gasteiger partial charge in [-0.15, -0.1) is 0 Å². The molecule has 0 aliphatic carbocycles. The average molecular weight is 345 g/mol. The Morgan fingerprint density at radius 3 is 2.95 bits per heavy atom. The lowest BCUT2D eigenvalue weighted by Crippen LogP contribution is -2.25. The van der Waals surface area contributed by atoms with Crippen LogP contribution in [0.1, 0.15) is 21.9 Å². The van der Waals surface area contributed by atoms with Crippen molar-refractivity contribution >= 4 is 27.5 Å². The molecule has 0 atom stereocenters. The van der Waals surface area contributed by atoms with E-state index in [-0.39, 0.29) is 5.91 Å². The van der Waals surface area contributed by atoms with Crippen molar-refractivity contribution in [3.8, 4) is 0 Å². The molecule has 0 unspecified atom stereocenters. The Morgan fingerprint density at radius 1 is 1.33 bits per heavy atom. The minimum atomic E-state index is -0.163. The lowest BCUT2D eigenvalue weighted by molar-refractivity contribution is 0.0944. The highest BCUT2D eigenvalue weighted by Gasteiger charge is 2.16. The van der Waals surface area contributed by atoms with Crippen LogP contribution < -0.4 is 5.32 Å². The van der Waals surface area contributed by atoms with E-state index in [1.165, 1.54) is 0 Å². The van der Waals surface area contributed by atoms with Crippen molar-refractivity contribution < 1.29 is 4.79 Å². The molecule has 106 valence electrons. The van der Waals surface area contributed by atoms with E-state index in [4.69, 9.17) is 0 Å². The third-order valence-corrected chi connectivity index (χ3v) is 3.60. The zero-order chi connectivity index (χ0) is 14.8. The minimum Gasteiger partial charge on any atom is -0.345 e. The fourth-order valence-corrected chi connectivity index (χ4v) is 2.50. The van der Waals surface area contributed by atoms with Gasteiger partial charge in [0.15, 0.2) is 0 Å². The lowest BCUT2D eigenvalue weighted by atomic mass is 10.3. The monoisotopic (exact) mass is 344 g/mol. The summed E-state index contributed by atoms with van der Waals surface area (Å²) in [4.78, 5) is 21.0. The molecule has 0 radical (unpaired) electrons. The second-order valence-corrected chi connectivity index (χ2v) is 5.54. The highest BCUT2D eigenvalue weighted by atomic mass is 79.9. The van der Waals surface area contributed by atoms with Crippen molar-refractivity contribution in [2.24, 2.45) is 0 Å². The predicted octanol–water partition coefficient (Wildman–Crippen LogP) is 2.73. The molecule has 5 nitrogen and oxygen atoms in total. The van der Waals surface area contributed by atoms with Crippen LogP contribution in [0.15, 0.2) is 47.2 Å². The summed E-state index contributed by atoms with van der Waals surface area (Å²) >= 11 is 3.41. The predicted molar refractivity (Wildman–Crippen MR) is 83.0 cm³/mol. The van der Waals surface area contributed by atoms with Crippen molar-refractivity contribution in [3.05, 3.63) is 64.3 Å². The fourth-order valence-electron chi connectivity index (χ4n) is 2.17. The number of rotatable bonds is 3. The first-order valence-electron chi connectivity index (χ1n) is 6.47. The first kappa shape index (κ1) is 13.8. The van der Waals surface area contributed by atoms with E-state index in [0.29, 0.717) is 17.9 Å². The van der Waals surface area contributed by atoms with Gasteiger partial charge >= 0.3 is 0 Å². The molecule has 1 amide bonds. The summed E-state index contributed by atoms with van der Waals surface area (Å²) < 4.78 is 2.68. The van der Waals surface area contributed by atoms with E-state index in [0.717, 1.165) is 15.8 Å². The molecule has 3 heterocycles. The zero-order valence-corrected chi connectivity index (χ0v) is 13.0. The molecule has 6 heteroatoms. The molecule has 3 rings (SSSR count). The second kappa shape index (κ2) is 5.65.